The van der Waals surface area contributed by atoms with Crippen molar-refractivity contribution in [2.75, 3.05) is 6.54 Å². The van der Waals surface area contributed by atoms with E-state index in [0.717, 1.165) is 21.2 Å². The first-order chi connectivity index (χ1) is 9.54. The zero-order valence-corrected chi connectivity index (χ0v) is 13.0. The first-order valence-electron chi connectivity index (χ1n) is 6.31. The van der Waals surface area contributed by atoms with Crippen LogP contribution in [0.2, 0.25) is 4.34 Å². The maximum Gasteiger partial charge on any atom is 0.315 e. The second-order valence-corrected chi connectivity index (χ2v) is 6.28. The minimum atomic E-state index is -0.175. The molecule has 108 valence electrons. The van der Waals surface area contributed by atoms with Crippen LogP contribution in [0.3, 0.4) is 0 Å². The summed E-state index contributed by atoms with van der Waals surface area (Å²) >= 11 is 7.35. The molecule has 2 aromatic heterocycles. The molecule has 0 aliphatic heterocycles. The fourth-order valence-electron chi connectivity index (χ4n) is 1.80. The lowest BCUT2D eigenvalue weighted by Crippen LogP contribution is -2.37. The van der Waals surface area contributed by atoms with E-state index in [1.54, 1.807) is 10.9 Å². The molecule has 0 aliphatic carbocycles. The number of thiophene rings is 1. The number of amides is 2. The van der Waals surface area contributed by atoms with Gasteiger partial charge in [0.05, 0.1) is 16.6 Å². The molecule has 0 aliphatic rings. The number of hydrogen-bond acceptors (Lipinski definition) is 3. The van der Waals surface area contributed by atoms with Gasteiger partial charge in [0.2, 0.25) is 0 Å². The predicted octanol–water partition coefficient (Wildman–Crippen LogP) is 2.74. The Morgan fingerprint density at radius 3 is 2.95 bits per heavy atom. The number of nitrogens with zero attached hydrogens (tertiary/aromatic N) is 2. The van der Waals surface area contributed by atoms with Gasteiger partial charge in [-0.15, -0.1) is 11.3 Å². The van der Waals surface area contributed by atoms with E-state index in [4.69, 9.17) is 11.6 Å². The molecule has 0 saturated heterocycles. The maximum atomic E-state index is 11.8. The summed E-state index contributed by atoms with van der Waals surface area (Å²) in [7, 11) is 1.87. The molecule has 2 amide bonds. The van der Waals surface area contributed by atoms with Crippen molar-refractivity contribution >= 4 is 29.0 Å². The Hall–Kier alpha value is -1.53. The molecule has 0 spiro atoms. The molecule has 0 unspecified atom stereocenters. The van der Waals surface area contributed by atoms with E-state index < -0.39 is 0 Å². The van der Waals surface area contributed by atoms with Crippen LogP contribution in [0, 0.1) is 0 Å². The lowest BCUT2D eigenvalue weighted by molar-refractivity contribution is 0.238. The molecule has 1 atom stereocenters. The van der Waals surface area contributed by atoms with Crippen molar-refractivity contribution in [2.24, 2.45) is 7.05 Å². The Morgan fingerprint density at radius 2 is 2.35 bits per heavy atom. The van der Waals surface area contributed by atoms with E-state index in [-0.39, 0.29) is 12.1 Å². The van der Waals surface area contributed by atoms with Gasteiger partial charge in [0.1, 0.15) is 0 Å². The second kappa shape index (κ2) is 6.76. The third-order valence-corrected chi connectivity index (χ3v) is 4.24. The van der Waals surface area contributed by atoms with Gasteiger partial charge in [-0.2, -0.15) is 5.10 Å². The van der Waals surface area contributed by atoms with E-state index >= 15 is 0 Å². The van der Waals surface area contributed by atoms with Crippen LogP contribution in [0.25, 0.3) is 0 Å². The van der Waals surface area contributed by atoms with Crippen molar-refractivity contribution in [3.8, 4) is 0 Å². The quantitative estimate of drug-likeness (QED) is 0.892. The third kappa shape index (κ3) is 4.25. The van der Waals surface area contributed by atoms with Crippen molar-refractivity contribution in [1.29, 1.82) is 0 Å². The van der Waals surface area contributed by atoms with Gasteiger partial charge in [-0.1, -0.05) is 11.6 Å². The Balaban J connectivity index is 1.72. The third-order valence-electron chi connectivity index (χ3n) is 2.83. The zero-order valence-electron chi connectivity index (χ0n) is 11.4. The van der Waals surface area contributed by atoms with Crippen LogP contribution < -0.4 is 10.6 Å². The van der Waals surface area contributed by atoms with Crippen LogP contribution in [0.15, 0.2) is 24.5 Å². The minimum absolute atomic E-state index is 0.0501. The van der Waals surface area contributed by atoms with Crippen molar-refractivity contribution in [2.45, 2.75) is 19.4 Å². The van der Waals surface area contributed by atoms with Crippen LogP contribution in [-0.2, 0) is 13.5 Å². The van der Waals surface area contributed by atoms with Crippen molar-refractivity contribution in [3.63, 3.8) is 0 Å². The van der Waals surface area contributed by atoms with Gasteiger partial charge in [0, 0.05) is 24.7 Å². The highest BCUT2D eigenvalue weighted by molar-refractivity contribution is 7.16. The van der Waals surface area contributed by atoms with E-state index in [1.807, 2.05) is 32.3 Å². The summed E-state index contributed by atoms with van der Waals surface area (Å²) in [5, 5.41) is 9.80. The van der Waals surface area contributed by atoms with Crippen LogP contribution in [-0.4, -0.2) is 22.4 Å². The van der Waals surface area contributed by atoms with E-state index in [9.17, 15) is 4.79 Å². The van der Waals surface area contributed by atoms with E-state index in [2.05, 4.69) is 15.7 Å². The number of urea groups is 1. The Morgan fingerprint density at radius 1 is 1.55 bits per heavy atom. The molecule has 0 aromatic carbocycles. The molecular formula is C13H17ClN4OS. The summed E-state index contributed by atoms with van der Waals surface area (Å²) in [5.41, 5.74) is 1.10. The molecule has 7 heteroatoms. The Bertz CT molecular complexity index is 580. The van der Waals surface area contributed by atoms with Gasteiger partial charge < -0.3 is 10.6 Å². The minimum Gasteiger partial charge on any atom is -0.338 e. The van der Waals surface area contributed by atoms with Gasteiger partial charge in [-0.25, -0.2) is 4.79 Å². The smallest absolute Gasteiger partial charge is 0.315 e. The van der Waals surface area contributed by atoms with Crippen molar-refractivity contribution < 1.29 is 4.79 Å². The molecule has 0 fully saturated rings. The molecule has 0 saturated carbocycles. The molecule has 2 N–H and O–H groups in total. The monoisotopic (exact) mass is 312 g/mol. The summed E-state index contributed by atoms with van der Waals surface area (Å²) < 4.78 is 2.48. The number of carbonyl (C=O) groups excluding carboxylic acids is 1. The molecule has 2 heterocycles. The van der Waals surface area contributed by atoms with Crippen LogP contribution in [0.4, 0.5) is 4.79 Å². The largest absolute Gasteiger partial charge is 0.338 e. The predicted molar refractivity (Wildman–Crippen MR) is 81.2 cm³/mol. The van der Waals surface area contributed by atoms with Crippen LogP contribution in [0.1, 0.15) is 23.4 Å². The SMILES string of the molecule is C[C@@H](NC(=O)NCCc1cnn(C)c1)c1ccc(Cl)s1. The number of halogens is 1. The lowest BCUT2D eigenvalue weighted by atomic mass is 10.2. The molecular weight excluding hydrogens is 296 g/mol. The highest BCUT2D eigenvalue weighted by Crippen LogP contribution is 2.26. The average molecular weight is 313 g/mol. The summed E-state index contributed by atoms with van der Waals surface area (Å²) in [4.78, 5) is 12.8. The highest BCUT2D eigenvalue weighted by Gasteiger charge is 2.11. The average Bonchev–Trinajstić information content (AvgIpc) is 2.98. The molecule has 2 rings (SSSR count). The lowest BCUT2D eigenvalue weighted by Gasteiger charge is -2.12. The summed E-state index contributed by atoms with van der Waals surface area (Å²) in [6.07, 6.45) is 4.51. The molecule has 5 nitrogen and oxygen atoms in total. The van der Waals surface area contributed by atoms with Crippen LogP contribution in [0.5, 0.6) is 0 Å². The Labute approximate surface area is 126 Å². The fraction of sp³-hybridized carbons (Fsp3) is 0.385. The second-order valence-electron chi connectivity index (χ2n) is 4.54. The standard InChI is InChI=1S/C13H17ClN4OS/c1-9(11-3-4-12(14)20-11)17-13(19)15-6-5-10-7-16-18(2)8-10/h3-4,7-9H,5-6H2,1-2H3,(H2,15,17,19)/t9-/m1/s1. The maximum absolute atomic E-state index is 11.8. The van der Waals surface area contributed by atoms with Gasteiger partial charge >= 0.3 is 6.03 Å². The Kier molecular flexibility index (Phi) is 5.03. The molecule has 20 heavy (non-hydrogen) atoms. The number of carbonyl (C=O) groups is 1. The summed E-state index contributed by atoms with van der Waals surface area (Å²) in [6.45, 7) is 2.51. The number of nitrogens with one attached hydrogen (secondary N) is 2. The molecule has 0 bridgehead atoms. The number of aromatic nitrogens is 2. The number of rotatable bonds is 5. The fourth-order valence-corrected chi connectivity index (χ4v) is 2.86. The zero-order chi connectivity index (χ0) is 14.5. The topological polar surface area (TPSA) is 59.0 Å². The number of hydrogen-bond donors (Lipinski definition) is 2. The first-order valence-corrected chi connectivity index (χ1v) is 7.51. The number of aryl methyl sites for hydroxylation is 1. The normalized spacial score (nSPS) is 12.2. The van der Waals surface area contributed by atoms with Crippen molar-refractivity contribution in [3.05, 3.63) is 39.3 Å². The van der Waals surface area contributed by atoms with E-state index in [0.29, 0.717) is 6.54 Å². The first kappa shape index (κ1) is 14.9. The molecule has 0 radical (unpaired) electrons. The summed E-state index contributed by atoms with van der Waals surface area (Å²) in [6, 6.07) is 3.53. The van der Waals surface area contributed by atoms with Crippen molar-refractivity contribution in [1.82, 2.24) is 20.4 Å². The highest BCUT2D eigenvalue weighted by atomic mass is 35.5. The van der Waals surface area contributed by atoms with Gasteiger partial charge in [0.15, 0.2) is 0 Å². The van der Waals surface area contributed by atoms with Crippen LogP contribution >= 0.6 is 22.9 Å². The van der Waals surface area contributed by atoms with Gasteiger partial charge in [-0.05, 0) is 31.0 Å². The summed E-state index contributed by atoms with van der Waals surface area (Å²) in [5.74, 6) is 0. The van der Waals surface area contributed by atoms with Gasteiger partial charge in [-0.3, -0.25) is 4.68 Å². The van der Waals surface area contributed by atoms with Gasteiger partial charge in [0.25, 0.3) is 0 Å². The molecule has 2 aromatic rings. The van der Waals surface area contributed by atoms with E-state index in [1.165, 1.54) is 11.3 Å².